The second-order valence-corrected chi connectivity index (χ2v) is 6.21. The molecule has 2 rings (SSSR count). The van der Waals surface area contributed by atoms with Gasteiger partial charge in [0.05, 0.1) is 5.69 Å². The molecule has 0 aliphatic carbocycles. The third-order valence-corrected chi connectivity index (χ3v) is 4.83. The Bertz CT molecular complexity index is 502. The fourth-order valence-electron chi connectivity index (χ4n) is 1.51. The predicted octanol–water partition coefficient (Wildman–Crippen LogP) is 5.22. The van der Waals surface area contributed by atoms with E-state index in [1.165, 1.54) is 17.4 Å². The van der Waals surface area contributed by atoms with Gasteiger partial charge in [-0.3, -0.25) is 0 Å². The monoisotopic (exact) mass is 333 g/mol. The largest absolute Gasteiger partial charge is 0.378 e. The summed E-state index contributed by atoms with van der Waals surface area (Å²) in [6.45, 7) is 2.44. The molecule has 0 saturated heterocycles. The lowest BCUT2D eigenvalue weighted by atomic mass is 10.2. The lowest BCUT2D eigenvalue weighted by Crippen LogP contribution is -2.01. The van der Waals surface area contributed by atoms with Crippen LogP contribution in [0.5, 0.6) is 0 Å². The molecule has 1 aromatic heterocycles. The van der Waals surface area contributed by atoms with Gasteiger partial charge in [0.1, 0.15) is 10.2 Å². The van der Waals surface area contributed by atoms with E-state index in [1.807, 2.05) is 19.1 Å². The minimum absolute atomic E-state index is 0.230. The molecule has 1 aromatic carbocycles. The molecule has 0 amide bonds. The first-order chi connectivity index (χ1) is 8.08. The molecule has 0 spiro atoms. The predicted molar refractivity (Wildman–Crippen MR) is 75.5 cm³/mol. The standard InChI is InChI=1S/C12H10BrClFNS/c1-7-3-2-4-10(15)11(7)16-6-8-5-9(13)12(14)17-8/h2-5,16H,6H2,1H3. The molecule has 0 fully saturated rings. The first-order valence-electron chi connectivity index (χ1n) is 5.00. The first kappa shape index (κ1) is 12.9. The zero-order valence-corrected chi connectivity index (χ0v) is 12.2. The van der Waals surface area contributed by atoms with Gasteiger partial charge in [-0.2, -0.15) is 0 Å². The van der Waals surface area contributed by atoms with Crippen molar-refractivity contribution in [2.75, 3.05) is 5.32 Å². The molecule has 90 valence electrons. The average Bonchev–Trinajstić information content (AvgIpc) is 2.58. The summed E-state index contributed by atoms with van der Waals surface area (Å²) in [7, 11) is 0. The summed E-state index contributed by atoms with van der Waals surface area (Å²) in [5.41, 5.74) is 1.44. The van der Waals surface area contributed by atoms with Crippen molar-refractivity contribution in [3.63, 3.8) is 0 Å². The maximum atomic E-state index is 13.5. The van der Waals surface area contributed by atoms with Crippen LogP contribution >= 0.6 is 38.9 Å². The topological polar surface area (TPSA) is 12.0 Å². The van der Waals surface area contributed by atoms with Gasteiger partial charge in [0.25, 0.3) is 0 Å². The smallest absolute Gasteiger partial charge is 0.146 e. The van der Waals surface area contributed by atoms with Crippen LogP contribution in [0.15, 0.2) is 28.7 Å². The van der Waals surface area contributed by atoms with E-state index in [4.69, 9.17) is 11.6 Å². The first-order valence-corrected chi connectivity index (χ1v) is 6.99. The van der Waals surface area contributed by atoms with Crippen LogP contribution < -0.4 is 5.32 Å². The Morgan fingerprint density at radius 2 is 2.24 bits per heavy atom. The van der Waals surface area contributed by atoms with Crippen molar-refractivity contribution in [3.8, 4) is 0 Å². The molecule has 1 N–H and O–H groups in total. The van der Waals surface area contributed by atoms with Gasteiger partial charge >= 0.3 is 0 Å². The van der Waals surface area contributed by atoms with Crippen LogP contribution in [0.1, 0.15) is 10.4 Å². The van der Waals surface area contributed by atoms with Crippen molar-refractivity contribution in [1.82, 2.24) is 0 Å². The molecular weight excluding hydrogens is 325 g/mol. The Balaban J connectivity index is 2.12. The summed E-state index contributed by atoms with van der Waals surface area (Å²) in [4.78, 5) is 1.06. The number of aryl methyl sites for hydroxylation is 1. The normalized spacial score (nSPS) is 10.6. The number of halogens is 3. The Labute approximate surface area is 117 Å². The summed E-state index contributed by atoms with van der Waals surface area (Å²) < 4.78 is 15.1. The Hall–Kier alpha value is -0.580. The van der Waals surface area contributed by atoms with E-state index in [2.05, 4.69) is 21.2 Å². The van der Waals surface area contributed by atoms with E-state index >= 15 is 0 Å². The SMILES string of the molecule is Cc1cccc(F)c1NCc1cc(Br)c(Cl)s1. The Morgan fingerprint density at radius 1 is 1.47 bits per heavy atom. The van der Waals surface area contributed by atoms with Crippen molar-refractivity contribution in [1.29, 1.82) is 0 Å². The van der Waals surface area contributed by atoms with E-state index in [1.54, 1.807) is 6.07 Å². The molecule has 1 heterocycles. The highest BCUT2D eigenvalue weighted by molar-refractivity contribution is 9.10. The van der Waals surface area contributed by atoms with Gasteiger partial charge in [-0.15, -0.1) is 11.3 Å². The van der Waals surface area contributed by atoms with Crippen molar-refractivity contribution in [3.05, 3.63) is 49.3 Å². The van der Waals surface area contributed by atoms with Crippen LogP contribution in [0, 0.1) is 12.7 Å². The van der Waals surface area contributed by atoms with Crippen LogP contribution in [0.3, 0.4) is 0 Å². The zero-order chi connectivity index (χ0) is 12.4. The van der Waals surface area contributed by atoms with Gasteiger partial charge in [-0.1, -0.05) is 23.7 Å². The van der Waals surface area contributed by atoms with Gasteiger partial charge in [-0.25, -0.2) is 4.39 Å². The maximum Gasteiger partial charge on any atom is 0.146 e. The lowest BCUT2D eigenvalue weighted by molar-refractivity contribution is 0.629. The number of benzene rings is 1. The van der Waals surface area contributed by atoms with Crippen molar-refractivity contribution >= 4 is 44.6 Å². The number of hydrogen-bond acceptors (Lipinski definition) is 2. The third-order valence-electron chi connectivity index (χ3n) is 2.36. The van der Waals surface area contributed by atoms with E-state index in [-0.39, 0.29) is 5.82 Å². The summed E-state index contributed by atoms with van der Waals surface area (Å²) in [6.07, 6.45) is 0. The summed E-state index contributed by atoms with van der Waals surface area (Å²) >= 11 is 10.8. The maximum absolute atomic E-state index is 13.5. The number of nitrogens with one attached hydrogen (secondary N) is 1. The Morgan fingerprint density at radius 3 is 2.82 bits per heavy atom. The Kier molecular flexibility index (Phi) is 4.07. The van der Waals surface area contributed by atoms with E-state index in [0.717, 1.165) is 14.9 Å². The average molecular weight is 335 g/mol. The van der Waals surface area contributed by atoms with Gasteiger partial charge in [0.2, 0.25) is 0 Å². The molecular formula is C12H10BrClFNS. The third kappa shape index (κ3) is 3.00. The van der Waals surface area contributed by atoms with E-state index in [9.17, 15) is 4.39 Å². The quantitative estimate of drug-likeness (QED) is 0.811. The van der Waals surface area contributed by atoms with Crippen molar-refractivity contribution in [2.45, 2.75) is 13.5 Å². The molecule has 17 heavy (non-hydrogen) atoms. The second-order valence-electron chi connectivity index (χ2n) is 3.62. The van der Waals surface area contributed by atoms with Gasteiger partial charge < -0.3 is 5.32 Å². The van der Waals surface area contributed by atoms with Crippen LogP contribution in [-0.4, -0.2) is 0 Å². The number of para-hydroxylation sites is 1. The molecule has 0 saturated carbocycles. The highest BCUT2D eigenvalue weighted by Gasteiger charge is 2.07. The van der Waals surface area contributed by atoms with E-state index < -0.39 is 0 Å². The number of anilines is 1. The molecule has 0 atom stereocenters. The number of hydrogen-bond donors (Lipinski definition) is 1. The number of thiophene rings is 1. The fraction of sp³-hybridized carbons (Fsp3) is 0.167. The zero-order valence-electron chi connectivity index (χ0n) is 9.06. The highest BCUT2D eigenvalue weighted by atomic mass is 79.9. The van der Waals surface area contributed by atoms with Gasteiger partial charge in [-0.05, 0) is 40.5 Å². The van der Waals surface area contributed by atoms with Crippen molar-refractivity contribution in [2.24, 2.45) is 0 Å². The van der Waals surface area contributed by atoms with Crippen LogP contribution in [0.2, 0.25) is 4.34 Å². The van der Waals surface area contributed by atoms with E-state index in [0.29, 0.717) is 16.6 Å². The molecule has 0 bridgehead atoms. The van der Waals surface area contributed by atoms with Crippen LogP contribution in [0.25, 0.3) is 0 Å². The summed E-state index contributed by atoms with van der Waals surface area (Å²) in [5, 5.41) is 3.09. The fourth-order valence-corrected chi connectivity index (χ4v) is 3.24. The summed E-state index contributed by atoms with van der Waals surface area (Å²) in [5.74, 6) is -0.230. The molecule has 5 heteroatoms. The second kappa shape index (κ2) is 5.38. The molecule has 0 unspecified atom stereocenters. The molecule has 0 radical (unpaired) electrons. The molecule has 1 nitrogen and oxygen atoms in total. The van der Waals surface area contributed by atoms with Crippen LogP contribution in [-0.2, 0) is 6.54 Å². The minimum Gasteiger partial charge on any atom is -0.378 e. The van der Waals surface area contributed by atoms with Crippen LogP contribution in [0.4, 0.5) is 10.1 Å². The van der Waals surface area contributed by atoms with Crippen molar-refractivity contribution < 1.29 is 4.39 Å². The van der Waals surface area contributed by atoms with Gasteiger partial charge in [0.15, 0.2) is 0 Å². The minimum atomic E-state index is -0.230. The highest BCUT2D eigenvalue weighted by Crippen LogP contribution is 2.32. The number of rotatable bonds is 3. The van der Waals surface area contributed by atoms with Gasteiger partial charge in [0, 0.05) is 15.9 Å². The lowest BCUT2D eigenvalue weighted by Gasteiger charge is -2.09. The molecule has 0 aliphatic heterocycles. The summed E-state index contributed by atoms with van der Waals surface area (Å²) in [6, 6.07) is 6.97. The molecule has 2 aromatic rings. The molecule has 0 aliphatic rings.